The van der Waals surface area contributed by atoms with Gasteiger partial charge >= 0.3 is 0 Å². The summed E-state index contributed by atoms with van der Waals surface area (Å²) < 4.78 is 5.27. The predicted molar refractivity (Wildman–Crippen MR) is 94.2 cm³/mol. The van der Waals surface area contributed by atoms with Gasteiger partial charge in [0.1, 0.15) is 11.3 Å². The number of benzene rings is 2. The molecule has 0 aliphatic heterocycles. The third-order valence-corrected chi connectivity index (χ3v) is 4.07. The van der Waals surface area contributed by atoms with Crippen LogP contribution in [0, 0.1) is 0 Å². The molecule has 0 radical (unpaired) electrons. The van der Waals surface area contributed by atoms with Crippen molar-refractivity contribution in [2.75, 3.05) is 12.4 Å². The molecule has 120 valence electrons. The van der Waals surface area contributed by atoms with Gasteiger partial charge in [-0.05, 0) is 30.7 Å². The van der Waals surface area contributed by atoms with Gasteiger partial charge in [0, 0.05) is 10.9 Å². The zero-order chi connectivity index (χ0) is 16.5. The van der Waals surface area contributed by atoms with Crippen LogP contribution < -0.4 is 10.1 Å². The zero-order valence-electron chi connectivity index (χ0n) is 13.4. The second kappa shape index (κ2) is 5.81. The number of methoxy groups -OCH3 is 1. The van der Waals surface area contributed by atoms with Crippen molar-refractivity contribution in [3.63, 3.8) is 0 Å². The van der Waals surface area contributed by atoms with Crippen LogP contribution in [0.2, 0.25) is 0 Å². The van der Waals surface area contributed by atoms with Crippen LogP contribution in [-0.4, -0.2) is 27.3 Å². The molecular weight excluding hydrogens is 302 g/mol. The first-order valence-electron chi connectivity index (χ1n) is 7.76. The predicted octanol–water partition coefficient (Wildman–Crippen LogP) is 3.69. The number of fused-ring (bicyclic) bond motifs is 3. The number of rotatable bonds is 4. The van der Waals surface area contributed by atoms with Crippen LogP contribution in [0.15, 0.2) is 48.5 Å². The summed E-state index contributed by atoms with van der Waals surface area (Å²) in [6.45, 7) is 2.07. The fourth-order valence-corrected chi connectivity index (χ4v) is 2.76. The third kappa shape index (κ3) is 2.52. The molecule has 0 aliphatic rings. The summed E-state index contributed by atoms with van der Waals surface area (Å²) >= 11 is 0. The average molecular weight is 319 g/mol. The molecule has 0 saturated carbocycles. The molecule has 6 heteroatoms. The van der Waals surface area contributed by atoms with Crippen LogP contribution in [0.25, 0.3) is 22.1 Å². The summed E-state index contributed by atoms with van der Waals surface area (Å²) in [5, 5.41) is 12.8. The van der Waals surface area contributed by atoms with Gasteiger partial charge in [0.2, 0.25) is 5.95 Å². The van der Waals surface area contributed by atoms with Crippen molar-refractivity contribution in [2.24, 2.45) is 0 Å². The Balaban J connectivity index is 1.69. The minimum atomic E-state index is 0.0925. The number of aromatic nitrogens is 4. The minimum Gasteiger partial charge on any atom is -0.497 e. The maximum atomic E-state index is 5.27. The topological polar surface area (TPSA) is 75.7 Å². The lowest BCUT2D eigenvalue weighted by Crippen LogP contribution is -2.10. The van der Waals surface area contributed by atoms with E-state index in [-0.39, 0.29) is 6.04 Å². The smallest absolute Gasteiger partial charge is 0.245 e. The molecule has 1 unspecified atom stereocenters. The van der Waals surface area contributed by atoms with E-state index in [0.29, 0.717) is 11.6 Å². The zero-order valence-corrected chi connectivity index (χ0v) is 13.4. The molecule has 4 aromatic rings. The number of anilines is 1. The Bertz CT molecular complexity index is 996. The standard InChI is InChI=1S/C18H17N5O/c1-11(12-6-4-3-5-7-12)19-18-21-17-16(22-23-18)14-10-13(24-2)8-9-15(14)20-17/h3-11H,1-2H3,(H2,19,20,21,23). The maximum absolute atomic E-state index is 5.27. The first-order chi connectivity index (χ1) is 11.7. The fourth-order valence-electron chi connectivity index (χ4n) is 2.76. The second-order valence-corrected chi connectivity index (χ2v) is 5.65. The molecule has 6 nitrogen and oxygen atoms in total. The van der Waals surface area contributed by atoms with Crippen molar-refractivity contribution in [3.05, 3.63) is 54.1 Å². The molecule has 24 heavy (non-hydrogen) atoms. The highest BCUT2D eigenvalue weighted by Crippen LogP contribution is 2.27. The lowest BCUT2D eigenvalue weighted by atomic mass is 10.1. The van der Waals surface area contributed by atoms with E-state index in [0.717, 1.165) is 22.2 Å². The molecule has 0 bridgehead atoms. The van der Waals surface area contributed by atoms with E-state index < -0.39 is 0 Å². The largest absolute Gasteiger partial charge is 0.497 e. The van der Waals surface area contributed by atoms with E-state index in [4.69, 9.17) is 4.74 Å². The number of aromatic amines is 1. The molecule has 0 fully saturated rings. The van der Waals surface area contributed by atoms with Gasteiger partial charge < -0.3 is 15.0 Å². The molecule has 0 amide bonds. The Morgan fingerprint density at radius 1 is 1.08 bits per heavy atom. The number of hydrogen-bond acceptors (Lipinski definition) is 5. The SMILES string of the molecule is COc1ccc2[nH]c3nc(NC(C)c4ccccc4)nnc3c2c1. The van der Waals surface area contributed by atoms with E-state index in [1.165, 1.54) is 5.56 Å². The van der Waals surface area contributed by atoms with Crippen molar-refractivity contribution in [1.82, 2.24) is 20.2 Å². The summed E-state index contributed by atoms with van der Waals surface area (Å²) in [6, 6.07) is 16.1. The van der Waals surface area contributed by atoms with Crippen LogP contribution in [0.3, 0.4) is 0 Å². The minimum absolute atomic E-state index is 0.0925. The number of hydrogen-bond donors (Lipinski definition) is 2. The van der Waals surface area contributed by atoms with Gasteiger partial charge in [-0.3, -0.25) is 0 Å². The number of nitrogens with one attached hydrogen (secondary N) is 2. The molecule has 0 spiro atoms. The van der Waals surface area contributed by atoms with Crippen molar-refractivity contribution in [2.45, 2.75) is 13.0 Å². The van der Waals surface area contributed by atoms with Gasteiger partial charge in [-0.15, -0.1) is 10.2 Å². The first kappa shape index (κ1) is 14.4. The Labute approximate surface area is 138 Å². The normalized spacial score (nSPS) is 12.4. The lowest BCUT2D eigenvalue weighted by molar-refractivity contribution is 0.415. The molecule has 4 rings (SSSR count). The molecule has 2 heterocycles. The van der Waals surface area contributed by atoms with Crippen LogP contribution >= 0.6 is 0 Å². The van der Waals surface area contributed by atoms with Crippen LogP contribution in [-0.2, 0) is 0 Å². The van der Waals surface area contributed by atoms with Gasteiger partial charge in [-0.2, -0.15) is 4.98 Å². The molecule has 2 aromatic carbocycles. The third-order valence-electron chi connectivity index (χ3n) is 4.07. The van der Waals surface area contributed by atoms with E-state index in [1.807, 2.05) is 36.4 Å². The van der Waals surface area contributed by atoms with Crippen LogP contribution in [0.5, 0.6) is 5.75 Å². The van der Waals surface area contributed by atoms with Gasteiger partial charge in [0.05, 0.1) is 13.2 Å². The summed E-state index contributed by atoms with van der Waals surface area (Å²) in [7, 11) is 1.65. The van der Waals surface area contributed by atoms with E-state index in [1.54, 1.807) is 7.11 Å². The van der Waals surface area contributed by atoms with Gasteiger partial charge in [0.25, 0.3) is 0 Å². The van der Waals surface area contributed by atoms with Crippen LogP contribution in [0.4, 0.5) is 5.95 Å². The number of ether oxygens (including phenoxy) is 1. The Hall–Kier alpha value is -3.15. The van der Waals surface area contributed by atoms with Crippen molar-refractivity contribution in [3.8, 4) is 5.75 Å². The van der Waals surface area contributed by atoms with E-state index >= 15 is 0 Å². The van der Waals surface area contributed by atoms with E-state index in [2.05, 4.69) is 44.5 Å². The Morgan fingerprint density at radius 2 is 1.92 bits per heavy atom. The number of nitrogens with zero attached hydrogens (tertiary/aromatic N) is 3. The highest BCUT2D eigenvalue weighted by Gasteiger charge is 2.12. The van der Waals surface area contributed by atoms with E-state index in [9.17, 15) is 0 Å². The van der Waals surface area contributed by atoms with Gasteiger partial charge in [-0.1, -0.05) is 30.3 Å². The molecular formula is C18H17N5O. The molecule has 1 atom stereocenters. The monoisotopic (exact) mass is 319 g/mol. The average Bonchev–Trinajstić information content (AvgIpc) is 2.99. The second-order valence-electron chi connectivity index (χ2n) is 5.65. The molecule has 2 N–H and O–H groups in total. The Morgan fingerprint density at radius 3 is 2.71 bits per heavy atom. The first-order valence-corrected chi connectivity index (χ1v) is 7.76. The van der Waals surface area contributed by atoms with Crippen molar-refractivity contribution < 1.29 is 4.74 Å². The molecule has 2 aromatic heterocycles. The summed E-state index contributed by atoms with van der Waals surface area (Å²) in [5.74, 6) is 1.28. The summed E-state index contributed by atoms with van der Waals surface area (Å²) in [4.78, 5) is 7.83. The quantitative estimate of drug-likeness (QED) is 0.600. The summed E-state index contributed by atoms with van der Waals surface area (Å²) in [5.41, 5.74) is 3.57. The van der Waals surface area contributed by atoms with Crippen molar-refractivity contribution >= 4 is 28.0 Å². The highest BCUT2D eigenvalue weighted by molar-refractivity contribution is 6.03. The maximum Gasteiger partial charge on any atom is 0.245 e. The Kier molecular flexibility index (Phi) is 3.49. The highest BCUT2D eigenvalue weighted by atomic mass is 16.5. The molecule has 0 aliphatic carbocycles. The van der Waals surface area contributed by atoms with Crippen LogP contribution in [0.1, 0.15) is 18.5 Å². The van der Waals surface area contributed by atoms with Crippen molar-refractivity contribution in [1.29, 1.82) is 0 Å². The van der Waals surface area contributed by atoms with Gasteiger partial charge in [-0.25, -0.2) is 0 Å². The number of H-pyrrole nitrogens is 1. The summed E-state index contributed by atoms with van der Waals surface area (Å²) in [6.07, 6.45) is 0. The lowest BCUT2D eigenvalue weighted by Gasteiger charge is -2.13. The van der Waals surface area contributed by atoms with Gasteiger partial charge in [0.15, 0.2) is 5.65 Å². The fraction of sp³-hybridized carbons (Fsp3) is 0.167. The molecule has 0 saturated heterocycles.